The zero-order chi connectivity index (χ0) is 28.3. The Labute approximate surface area is 213 Å². The van der Waals surface area contributed by atoms with Gasteiger partial charge in [-0.2, -0.15) is 26.3 Å². The Morgan fingerprint density at radius 2 is 1.21 bits per heavy atom. The van der Waals surface area contributed by atoms with E-state index in [-0.39, 0.29) is 31.9 Å². The van der Waals surface area contributed by atoms with Gasteiger partial charge in [-0.05, 0) is 60.1 Å². The zero-order valence-corrected chi connectivity index (χ0v) is 19.9. The highest BCUT2D eigenvalue weighted by Gasteiger charge is 2.43. The summed E-state index contributed by atoms with van der Waals surface area (Å²) in [6.07, 6.45) is -7.66. The smallest absolute Gasteiger partial charge is 0.399 e. The molecule has 38 heavy (non-hydrogen) atoms. The number of hydrogen-bond acceptors (Lipinski definition) is 5. The van der Waals surface area contributed by atoms with Crippen molar-refractivity contribution in [3.8, 4) is 0 Å². The fraction of sp³-hybridized carbons (Fsp3) is 0.417. The number of amides is 2. The quantitative estimate of drug-likeness (QED) is 0.245. The Hall–Kier alpha value is -3.84. The van der Waals surface area contributed by atoms with Gasteiger partial charge in [0.15, 0.2) is 0 Å². The number of nitro groups is 1. The molecule has 2 amide bonds. The molecule has 2 aliphatic heterocycles. The maximum absolute atomic E-state index is 12.5. The van der Waals surface area contributed by atoms with Gasteiger partial charge < -0.3 is 15.5 Å². The molecule has 0 spiro atoms. The summed E-state index contributed by atoms with van der Waals surface area (Å²) in [5.74, 6) is -3.69. The van der Waals surface area contributed by atoms with Gasteiger partial charge in [0, 0.05) is 44.0 Å². The van der Waals surface area contributed by atoms with Crippen molar-refractivity contribution in [2.75, 3.05) is 18.8 Å². The Morgan fingerprint density at radius 1 is 0.763 bits per heavy atom. The first-order valence-corrected chi connectivity index (χ1v) is 11.5. The second-order valence-electron chi connectivity index (χ2n) is 8.89. The lowest BCUT2D eigenvalue weighted by atomic mass is 10.0. The van der Waals surface area contributed by atoms with E-state index in [0.29, 0.717) is 47.4 Å². The second kappa shape index (κ2) is 11.3. The van der Waals surface area contributed by atoms with Crippen LogP contribution in [0.3, 0.4) is 0 Å². The summed E-state index contributed by atoms with van der Waals surface area (Å²) in [6.45, 7) is -0.179. The molecule has 0 bridgehead atoms. The highest BCUT2D eigenvalue weighted by molar-refractivity contribution is 5.82. The molecule has 0 aliphatic carbocycles. The molecule has 0 fully saturated rings. The third-order valence-electron chi connectivity index (χ3n) is 6.16. The molecule has 206 valence electrons. The van der Waals surface area contributed by atoms with Crippen LogP contribution < -0.4 is 5.73 Å². The fourth-order valence-electron chi connectivity index (χ4n) is 4.35. The van der Waals surface area contributed by atoms with E-state index in [1.54, 1.807) is 12.1 Å². The lowest BCUT2D eigenvalue weighted by Gasteiger charge is -2.22. The van der Waals surface area contributed by atoms with Crippen molar-refractivity contribution in [2.45, 2.75) is 51.1 Å². The van der Waals surface area contributed by atoms with Gasteiger partial charge in [-0.15, -0.1) is 0 Å². The monoisotopic (exact) mass is 546 g/mol. The minimum absolute atomic E-state index is 0.0131. The molecular formula is C24H24F6N4O4. The predicted molar refractivity (Wildman–Crippen MR) is 124 cm³/mol. The van der Waals surface area contributed by atoms with E-state index in [1.165, 1.54) is 18.2 Å². The molecule has 0 unspecified atom stereocenters. The number of aryl methyl sites for hydroxylation is 2. The maximum atomic E-state index is 12.5. The van der Waals surface area contributed by atoms with Gasteiger partial charge in [-0.3, -0.25) is 19.7 Å². The number of halogens is 6. The van der Waals surface area contributed by atoms with Gasteiger partial charge in [0.25, 0.3) is 5.69 Å². The van der Waals surface area contributed by atoms with Crippen LogP contribution in [0.2, 0.25) is 0 Å². The SMILES string of the molecule is Nc1ccc2c(c1)CN(C(=O)C(F)(F)F)CCC2.O=C(N1CCCc2ccc([N+](=O)[O-])cc2C1)C(F)(F)F. The number of rotatable bonds is 1. The number of carbonyl (C=O) groups is 2. The Morgan fingerprint density at radius 3 is 1.66 bits per heavy atom. The number of nitrogens with zero attached hydrogens (tertiary/aromatic N) is 3. The lowest BCUT2D eigenvalue weighted by Crippen LogP contribution is -2.40. The number of nitrogen functional groups attached to an aromatic ring is 1. The number of carbonyl (C=O) groups excluding carboxylic acids is 2. The average Bonchev–Trinajstić information content (AvgIpc) is 3.17. The highest BCUT2D eigenvalue weighted by Crippen LogP contribution is 2.27. The first-order valence-electron chi connectivity index (χ1n) is 11.5. The van der Waals surface area contributed by atoms with Gasteiger partial charge in [-0.1, -0.05) is 12.1 Å². The summed E-state index contributed by atoms with van der Waals surface area (Å²) in [5.41, 5.74) is 8.72. The van der Waals surface area contributed by atoms with Crippen LogP contribution in [0.4, 0.5) is 37.7 Å². The molecular weight excluding hydrogens is 522 g/mol. The molecule has 0 atom stereocenters. The summed E-state index contributed by atoms with van der Waals surface area (Å²) in [5, 5.41) is 10.7. The number of alkyl halides is 6. The van der Waals surface area contributed by atoms with Crippen LogP contribution in [0, 0.1) is 10.1 Å². The molecule has 14 heteroatoms. The number of benzene rings is 2. The molecule has 0 saturated heterocycles. The van der Waals surface area contributed by atoms with Crippen LogP contribution in [-0.4, -0.2) is 52.0 Å². The van der Waals surface area contributed by atoms with Crippen molar-refractivity contribution in [2.24, 2.45) is 0 Å². The van der Waals surface area contributed by atoms with E-state index in [2.05, 4.69) is 0 Å². The summed E-state index contributed by atoms with van der Waals surface area (Å²) >= 11 is 0. The van der Waals surface area contributed by atoms with Crippen molar-refractivity contribution in [3.05, 3.63) is 68.8 Å². The molecule has 2 aromatic rings. The predicted octanol–water partition coefficient (Wildman–Crippen LogP) is 4.54. The molecule has 2 N–H and O–H groups in total. The number of nitrogens with two attached hydrogens (primary N) is 1. The van der Waals surface area contributed by atoms with E-state index >= 15 is 0 Å². The molecule has 2 aliphatic rings. The van der Waals surface area contributed by atoms with Crippen LogP contribution in [0.15, 0.2) is 36.4 Å². The van der Waals surface area contributed by atoms with Crippen LogP contribution in [-0.2, 0) is 35.5 Å². The van der Waals surface area contributed by atoms with Crippen molar-refractivity contribution in [1.29, 1.82) is 0 Å². The Kier molecular flexibility index (Phi) is 8.52. The lowest BCUT2D eigenvalue weighted by molar-refractivity contribution is -0.384. The first-order chi connectivity index (χ1) is 17.7. The molecule has 2 heterocycles. The van der Waals surface area contributed by atoms with Gasteiger partial charge in [-0.25, -0.2) is 0 Å². The minimum Gasteiger partial charge on any atom is -0.399 e. The van der Waals surface area contributed by atoms with E-state index < -0.39 is 29.1 Å². The fourth-order valence-corrected chi connectivity index (χ4v) is 4.35. The van der Waals surface area contributed by atoms with E-state index in [1.807, 2.05) is 6.07 Å². The Bertz CT molecular complexity index is 1220. The molecule has 4 rings (SSSR count). The summed E-state index contributed by atoms with van der Waals surface area (Å²) in [4.78, 5) is 34.1. The number of nitro benzene ring substituents is 1. The Balaban J connectivity index is 0.000000212. The molecule has 0 aromatic heterocycles. The normalized spacial score (nSPS) is 15.7. The van der Waals surface area contributed by atoms with Gasteiger partial charge in [0.05, 0.1) is 4.92 Å². The van der Waals surface area contributed by atoms with Gasteiger partial charge in [0.1, 0.15) is 0 Å². The van der Waals surface area contributed by atoms with Crippen LogP contribution >= 0.6 is 0 Å². The summed E-state index contributed by atoms with van der Waals surface area (Å²) in [7, 11) is 0. The second-order valence-corrected chi connectivity index (χ2v) is 8.89. The van der Waals surface area contributed by atoms with E-state index in [0.717, 1.165) is 16.0 Å². The van der Waals surface area contributed by atoms with E-state index in [4.69, 9.17) is 5.73 Å². The third kappa shape index (κ3) is 7.13. The summed E-state index contributed by atoms with van der Waals surface area (Å²) < 4.78 is 74.6. The third-order valence-corrected chi connectivity index (χ3v) is 6.16. The number of fused-ring (bicyclic) bond motifs is 2. The zero-order valence-electron chi connectivity index (χ0n) is 19.9. The first kappa shape index (κ1) is 28.7. The largest absolute Gasteiger partial charge is 0.471 e. The van der Waals surface area contributed by atoms with Crippen LogP contribution in [0.5, 0.6) is 0 Å². The van der Waals surface area contributed by atoms with E-state index in [9.17, 15) is 46.0 Å². The molecule has 0 radical (unpaired) electrons. The van der Waals surface area contributed by atoms with Crippen LogP contribution in [0.25, 0.3) is 0 Å². The van der Waals surface area contributed by atoms with Crippen molar-refractivity contribution < 1.29 is 40.9 Å². The number of anilines is 1. The summed E-state index contributed by atoms with van der Waals surface area (Å²) in [6, 6.07) is 9.26. The molecule has 2 aromatic carbocycles. The average molecular weight is 546 g/mol. The number of non-ortho nitro benzene ring substituents is 1. The maximum Gasteiger partial charge on any atom is 0.471 e. The van der Waals surface area contributed by atoms with Crippen molar-refractivity contribution in [3.63, 3.8) is 0 Å². The van der Waals surface area contributed by atoms with Gasteiger partial charge >= 0.3 is 24.2 Å². The standard InChI is InChI=1S/C12H11F3N2O3.C12H13F3N2O/c13-12(14,15)11(18)16-5-1-2-8-3-4-10(17(19)20)6-9(8)7-16;13-12(14,15)11(18)17-5-1-2-8-3-4-10(16)6-9(8)7-17/h3-4,6H,1-2,5,7H2;3-4,6H,1-2,5,7,16H2. The minimum atomic E-state index is -4.93. The van der Waals surface area contributed by atoms with Crippen molar-refractivity contribution >= 4 is 23.2 Å². The topological polar surface area (TPSA) is 110 Å². The van der Waals surface area contributed by atoms with Gasteiger partial charge in [0.2, 0.25) is 0 Å². The molecule has 8 nitrogen and oxygen atoms in total. The van der Waals surface area contributed by atoms with Crippen molar-refractivity contribution in [1.82, 2.24) is 9.80 Å². The molecule has 0 saturated carbocycles. The van der Waals surface area contributed by atoms with Crippen LogP contribution in [0.1, 0.15) is 35.1 Å². The highest BCUT2D eigenvalue weighted by atomic mass is 19.4. The number of hydrogen-bond donors (Lipinski definition) is 1.